The number of hydrogen-bond donors (Lipinski definition) is 0. The Hall–Kier alpha value is -3.80. The number of benzene rings is 3. The topological polar surface area (TPSA) is 86.5 Å². The van der Waals surface area contributed by atoms with Crippen LogP contribution in [-0.4, -0.2) is 29.1 Å². The molecule has 0 saturated heterocycles. The van der Waals surface area contributed by atoms with Gasteiger partial charge in [0.2, 0.25) is 11.6 Å². The molecule has 0 spiro atoms. The SMILES string of the molecule is CCCc1ccccc1-c1ccccc1C(C)CCOc1ccc2c(c1)C(=O)C([N+](=O)[O-])C2=O. The second-order valence-electron chi connectivity index (χ2n) is 8.66. The lowest BCUT2D eigenvalue weighted by molar-refractivity contribution is -0.488. The molecule has 1 aliphatic rings. The van der Waals surface area contributed by atoms with E-state index in [2.05, 4.69) is 56.3 Å². The molecular weight excluding hydrogens is 430 g/mol. The van der Waals surface area contributed by atoms with Gasteiger partial charge < -0.3 is 4.74 Å². The van der Waals surface area contributed by atoms with Gasteiger partial charge in [0.15, 0.2) is 0 Å². The van der Waals surface area contributed by atoms with Crippen molar-refractivity contribution < 1.29 is 19.2 Å². The normalized spacial score (nSPS) is 15.8. The molecule has 4 rings (SSSR count). The third-order valence-electron chi connectivity index (χ3n) is 6.37. The van der Waals surface area contributed by atoms with Crippen molar-refractivity contribution in [3.8, 4) is 16.9 Å². The van der Waals surface area contributed by atoms with Gasteiger partial charge in [-0.15, -0.1) is 0 Å². The van der Waals surface area contributed by atoms with E-state index in [1.807, 2.05) is 6.07 Å². The summed E-state index contributed by atoms with van der Waals surface area (Å²) in [5.74, 6) is -0.881. The largest absolute Gasteiger partial charge is 0.494 e. The average molecular weight is 458 g/mol. The first kappa shape index (κ1) is 23.4. The monoisotopic (exact) mass is 457 g/mol. The fourth-order valence-corrected chi connectivity index (χ4v) is 4.59. The van der Waals surface area contributed by atoms with Crippen LogP contribution in [-0.2, 0) is 6.42 Å². The van der Waals surface area contributed by atoms with Crippen LogP contribution in [0.1, 0.15) is 64.4 Å². The number of rotatable bonds is 9. The maximum Gasteiger partial charge on any atom is 0.336 e. The van der Waals surface area contributed by atoms with Crippen molar-refractivity contribution in [2.24, 2.45) is 0 Å². The highest BCUT2D eigenvalue weighted by Crippen LogP contribution is 2.34. The number of fused-ring (bicyclic) bond motifs is 1. The van der Waals surface area contributed by atoms with Crippen LogP contribution in [0.2, 0.25) is 0 Å². The highest BCUT2D eigenvalue weighted by atomic mass is 16.6. The molecular formula is C28H27NO5. The highest BCUT2D eigenvalue weighted by Gasteiger charge is 2.47. The van der Waals surface area contributed by atoms with E-state index in [4.69, 9.17) is 4.74 Å². The molecule has 3 aromatic carbocycles. The van der Waals surface area contributed by atoms with Gasteiger partial charge in [0.1, 0.15) is 5.75 Å². The van der Waals surface area contributed by atoms with Gasteiger partial charge in [-0.25, -0.2) is 0 Å². The van der Waals surface area contributed by atoms with E-state index in [1.165, 1.54) is 34.4 Å². The number of carbonyl (C=O) groups excluding carboxylic acids is 2. The van der Waals surface area contributed by atoms with E-state index in [0.29, 0.717) is 12.4 Å². The molecule has 2 unspecified atom stereocenters. The van der Waals surface area contributed by atoms with E-state index in [9.17, 15) is 19.7 Å². The smallest absolute Gasteiger partial charge is 0.336 e. The number of ketones is 2. The van der Waals surface area contributed by atoms with Gasteiger partial charge in [-0.3, -0.25) is 19.7 Å². The molecule has 174 valence electrons. The fraction of sp³-hybridized carbons (Fsp3) is 0.286. The third kappa shape index (κ3) is 4.49. The van der Waals surface area contributed by atoms with Crippen molar-refractivity contribution in [3.63, 3.8) is 0 Å². The zero-order chi connectivity index (χ0) is 24.2. The van der Waals surface area contributed by atoms with Gasteiger partial charge in [0, 0.05) is 16.1 Å². The zero-order valence-corrected chi connectivity index (χ0v) is 19.3. The van der Waals surface area contributed by atoms with Crippen molar-refractivity contribution in [2.45, 2.75) is 45.1 Å². The fourth-order valence-electron chi connectivity index (χ4n) is 4.59. The summed E-state index contributed by atoms with van der Waals surface area (Å²) >= 11 is 0. The molecule has 6 nitrogen and oxygen atoms in total. The Bertz CT molecular complexity index is 1250. The summed E-state index contributed by atoms with van der Waals surface area (Å²) in [6.07, 6.45) is 2.85. The molecule has 0 fully saturated rings. The number of carbonyl (C=O) groups is 2. The molecule has 0 N–H and O–H groups in total. The Kier molecular flexibility index (Phi) is 6.87. The van der Waals surface area contributed by atoms with E-state index in [0.717, 1.165) is 19.3 Å². The van der Waals surface area contributed by atoms with Gasteiger partial charge >= 0.3 is 6.04 Å². The number of nitro groups is 1. The van der Waals surface area contributed by atoms with Gasteiger partial charge in [0.25, 0.3) is 0 Å². The minimum atomic E-state index is -1.84. The van der Waals surface area contributed by atoms with Crippen LogP contribution >= 0.6 is 0 Å². The number of aryl methyl sites for hydroxylation is 1. The predicted molar refractivity (Wildman–Crippen MR) is 130 cm³/mol. The third-order valence-corrected chi connectivity index (χ3v) is 6.37. The lowest BCUT2D eigenvalue weighted by atomic mass is 9.87. The highest BCUT2D eigenvalue weighted by molar-refractivity contribution is 6.28. The summed E-state index contributed by atoms with van der Waals surface area (Å²) < 4.78 is 5.88. The summed E-state index contributed by atoms with van der Waals surface area (Å²) in [5, 5.41) is 11.1. The first-order chi connectivity index (χ1) is 16.4. The number of ether oxygens (including phenoxy) is 1. The summed E-state index contributed by atoms with van der Waals surface area (Å²) in [6, 6.07) is 19.6. The quantitative estimate of drug-likeness (QED) is 0.227. The molecule has 6 heteroatoms. The molecule has 0 aromatic heterocycles. The summed E-state index contributed by atoms with van der Waals surface area (Å²) in [5.41, 5.74) is 5.23. The maximum absolute atomic E-state index is 12.3. The molecule has 0 aliphatic heterocycles. The lowest BCUT2D eigenvalue weighted by Crippen LogP contribution is -2.31. The Morgan fingerprint density at radius 2 is 1.59 bits per heavy atom. The van der Waals surface area contributed by atoms with Gasteiger partial charge in [-0.05, 0) is 59.2 Å². The molecule has 0 saturated carbocycles. The van der Waals surface area contributed by atoms with Crippen molar-refractivity contribution in [2.75, 3.05) is 6.61 Å². The molecule has 0 heterocycles. The summed E-state index contributed by atoms with van der Waals surface area (Å²) in [7, 11) is 0. The second kappa shape index (κ2) is 10.00. The van der Waals surface area contributed by atoms with Crippen molar-refractivity contribution >= 4 is 11.6 Å². The van der Waals surface area contributed by atoms with E-state index < -0.39 is 22.5 Å². The van der Waals surface area contributed by atoms with Crippen LogP contribution in [0.25, 0.3) is 11.1 Å². The minimum Gasteiger partial charge on any atom is -0.494 e. The Labute approximate surface area is 198 Å². The van der Waals surface area contributed by atoms with Crippen molar-refractivity contribution in [1.29, 1.82) is 0 Å². The zero-order valence-electron chi connectivity index (χ0n) is 19.3. The van der Waals surface area contributed by atoms with Crippen LogP contribution in [0.5, 0.6) is 5.75 Å². The minimum absolute atomic E-state index is 0.0649. The number of nitrogens with zero attached hydrogens (tertiary/aromatic N) is 1. The Balaban J connectivity index is 1.47. The molecule has 0 radical (unpaired) electrons. The molecule has 2 atom stereocenters. The number of Topliss-reactive ketones (excluding diaryl/α,β-unsaturated/α-hetero) is 2. The van der Waals surface area contributed by atoms with Gasteiger partial charge in [0.05, 0.1) is 6.61 Å². The predicted octanol–water partition coefficient (Wildman–Crippen LogP) is 5.90. The van der Waals surface area contributed by atoms with Crippen molar-refractivity contribution in [3.05, 3.63) is 99.1 Å². The van der Waals surface area contributed by atoms with Crippen LogP contribution in [0.15, 0.2) is 66.7 Å². The first-order valence-corrected chi connectivity index (χ1v) is 11.6. The van der Waals surface area contributed by atoms with Crippen LogP contribution in [0, 0.1) is 10.1 Å². The maximum atomic E-state index is 12.3. The van der Waals surface area contributed by atoms with Gasteiger partial charge in [-0.1, -0.05) is 68.8 Å². The van der Waals surface area contributed by atoms with Gasteiger partial charge in [-0.2, -0.15) is 0 Å². The van der Waals surface area contributed by atoms with Crippen molar-refractivity contribution in [1.82, 2.24) is 0 Å². The van der Waals surface area contributed by atoms with Crippen LogP contribution in [0.4, 0.5) is 0 Å². The van der Waals surface area contributed by atoms with E-state index in [-0.39, 0.29) is 17.0 Å². The summed E-state index contributed by atoms with van der Waals surface area (Å²) in [6.45, 7) is 4.76. The standard InChI is InChI=1S/C28H27NO5/c1-3-8-19-9-4-5-11-22(19)23-12-7-6-10-21(23)18(2)15-16-34-20-13-14-24-25(17-20)28(31)26(27(24)30)29(32)33/h4-7,9-14,17-18,26H,3,8,15-16H2,1-2H3. The lowest BCUT2D eigenvalue weighted by Gasteiger charge is -2.19. The Morgan fingerprint density at radius 1 is 0.912 bits per heavy atom. The second-order valence-corrected chi connectivity index (χ2v) is 8.66. The molecule has 1 aliphatic carbocycles. The number of hydrogen-bond acceptors (Lipinski definition) is 5. The average Bonchev–Trinajstić information content (AvgIpc) is 3.09. The molecule has 0 bridgehead atoms. The van der Waals surface area contributed by atoms with Crippen LogP contribution in [0.3, 0.4) is 0 Å². The Morgan fingerprint density at radius 3 is 2.32 bits per heavy atom. The summed E-state index contributed by atoms with van der Waals surface area (Å²) in [4.78, 5) is 34.7. The van der Waals surface area contributed by atoms with Crippen LogP contribution < -0.4 is 4.74 Å². The first-order valence-electron chi connectivity index (χ1n) is 11.6. The van der Waals surface area contributed by atoms with E-state index in [1.54, 1.807) is 6.07 Å². The molecule has 0 amide bonds. The molecule has 3 aromatic rings. The molecule has 34 heavy (non-hydrogen) atoms. The van der Waals surface area contributed by atoms with E-state index >= 15 is 0 Å².